The molecule has 1 amide bonds. The molecule has 90 valence electrons. The number of nitrogens with zero attached hydrogens (tertiary/aromatic N) is 1. The summed E-state index contributed by atoms with van der Waals surface area (Å²) in [6.45, 7) is 7.98. The van der Waals surface area contributed by atoms with Crippen LogP contribution in [-0.4, -0.2) is 30.7 Å². The number of hydrogen-bond acceptors (Lipinski definition) is 2. The highest BCUT2D eigenvalue weighted by molar-refractivity contribution is 5.68. The van der Waals surface area contributed by atoms with E-state index in [1.54, 1.807) is 4.90 Å². The van der Waals surface area contributed by atoms with Crippen LogP contribution in [0.5, 0.6) is 0 Å². The van der Waals surface area contributed by atoms with Crippen molar-refractivity contribution in [2.24, 2.45) is 5.92 Å². The lowest BCUT2D eigenvalue weighted by Gasteiger charge is -2.26. The molecule has 0 radical (unpaired) electrons. The summed E-state index contributed by atoms with van der Waals surface area (Å²) in [6.07, 6.45) is 6.93. The normalized spacial score (nSPS) is 16.8. The smallest absolute Gasteiger partial charge is 0.410 e. The topological polar surface area (TPSA) is 29.5 Å². The zero-order chi connectivity index (χ0) is 12.0. The minimum Gasteiger partial charge on any atom is -0.449 e. The van der Waals surface area contributed by atoms with Gasteiger partial charge < -0.3 is 9.64 Å². The van der Waals surface area contributed by atoms with Crippen molar-refractivity contribution in [2.45, 2.75) is 27.2 Å². The van der Waals surface area contributed by atoms with E-state index in [0.717, 1.165) is 13.0 Å². The lowest BCUT2D eigenvalue weighted by atomic mass is 10.1. The SMILES string of the molecule is C/C=C\C1=CCCN(C(=O)OCC(C)C)C1. The van der Waals surface area contributed by atoms with E-state index in [9.17, 15) is 4.79 Å². The fourth-order valence-electron chi connectivity index (χ4n) is 1.59. The maximum absolute atomic E-state index is 11.7. The Labute approximate surface area is 97.8 Å². The van der Waals surface area contributed by atoms with Crippen LogP contribution >= 0.6 is 0 Å². The molecular formula is C13H21NO2. The first-order valence-corrected chi connectivity index (χ1v) is 5.87. The summed E-state index contributed by atoms with van der Waals surface area (Å²) in [7, 11) is 0. The molecule has 16 heavy (non-hydrogen) atoms. The highest BCUT2D eigenvalue weighted by Gasteiger charge is 2.18. The molecule has 1 aliphatic heterocycles. The van der Waals surface area contributed by atoms with Gasteiger partial charge in [0.05, 0.1) is 6.61 Å². The van der Waals surface area contributed by atoms with E-state index in [0.29, 0.717) is 19.1 Å². The highest BCUT2D eigenvalue weighted by Crippen LogP contribution is 2.12. The zero-order valence-electron chi connectivity index (χ0n) is 10.4. The minimum absolute atomic E-state index is 0.191. The fraction of sp³-hybridized carbons (Fsp3) is 0.615. The number of amides is 1. The summed E-state index contributed by atoms with van der Waals surface area (Å²) in [5.74, 6) is 0.388. The Morgan fingerprint density at radius 3 is 3.00 bits per heavy atom. The van der Waals surface area contributed by atoms with Crippen molar-refractivity contribution in [1.29, 1.82) is 0 Å². The lowest BCUT2D eigenvalue weighted by molar-refractivity contribution is 0.0944. The van der Waals surface area contributed by atoms with E-state index < -0.39 is 0 Å². The van der Waals surface area contributed by atoms with Crippen molar-refractivity contribution in [1.82, 2.24) is 4.90 Å². The summed E-state index contributed by atoms with van der Waals surface area (Å²) in [6, 6.07) is 0. The van der Waals surface area contributed by atoms with E-state index in [4.69, 9.17) is 4.74 Å². The number of carbonyl (C=O) groups excluding carboxylic acids is 1. The molecule has 0 atom stereocenters. The second kappa shape index (κ2) is 6.36. The molecule has 0 aromatic carbocycles. The van der Waals surface area contributed by atoms with Gasteiger partial charge in [-0.1, -0.05) is 32.1 Å². The van der Waals surface area contributed by atoms with Crippen LogP contribution in [0.4, 0.5) is 4.79 Å². The van der Waals surface area contributed by atoms with Crippen LogP contribution in [0.3, 0.4) is 0 Å². The molecule has 0 unspecified atom stereocenters. The summed E-state index contributed by atoms with van der Waals surface area (Å²) < 4.78 is 5.21. The fourth-order valence-corrected chi connectivity index (χ4v) is 1.59. The molecule has 0 bridgehead atoms. The molecule has 0 saturated heterocycles. The van der Waals surface area contributed by atoms with Gasteiger partial charge in [-0.2, -0.15) is 0 Å². The minimum atomic E-state index is -0.191. The molecule has 3 nitrogen and oxygen atoms in total. The van der Waals surface area contributed by atoms with Crippen LogP contribution in [0.25, 0.3) is 0 Å². The molecule has 0 spiro atoms. The van der Waals surface area contributed by atoms with Gasteiger partial charge in [-0.25, -0.2) is 4.79 Å². The zero-order valence-corrected chi connectivity index (χ0v) is 10.4. The van der Waals surface area contributed by atoms with Gasteiger partial charge in [0, 0.05) is 13.1 Å². The first-order valence-electron chi connectivity index (χ1n) is 5.87. The second-order valence-electron chi connectivity index (χ2n) is 4.46. The van der Waals surface area contributed by atoms with Gasteiger partial charge in [-0.3, -0.25) is 0 Å². The molecule has 0 aliphatic carbocycles. The third-order valence-corrected chi connectivity index (χ3v) is 2.36. The Morgan fingerprint density at radius 1 is 1.62 bits per heavy atom. The summed E-state index contributed by atoms with van der Waals surface area (Å²) in [4.78, 5) is 13.5. The van der Waals surface area contributed by atoms with Crippen molar-refractivity contribution < 1.29 is 9.53 Å². The van der Waals surface area contributed by atoms with Gasteiger partial charge in [0.25, 0.3) is 0 Å². The third-order valence-electron chi connectivity index (χ3n) is 2.36. The Morgan fingerprint density at radius 2 is 2.38 bits per heavy atom. The number of carbonyl (C=O) groups is 1. The highest BCUT2D eigenvalue weighted by atomic mass is 16.6. The van der Waals surface area contributed by atoms with Crippen molar-refractivity contribution in [3.8, 4) is 0 Å². The van der Waals surface area contributed by atoms with E-state index in [-0.39, 0.29) is 6.09 Å². The average molecular weight is 223 g/mol. The summed E-state index contributed by atoms with van der Waals surface area (Å²) >= 11 is 0. The molecule has 0 N–H and O–H groups in total. The third kappa shape index (κ3) is 4.09. The first kappa shape index (κ1) is 12.8. The molecule has 0 fully saturated rings. The molecule has 3 heteroatoms. The molecule has 1 aliphatic rings. The van der Waals surface area contributed by atoms with Gasteiger partial charge >= 0.3 is 6.09 Å². The van der Waals surface area contributed by atoms with E-state index in [1.807, 2.05) is 32.9 Å². The van der Waals surface area contributed by atoms with Crippen molar-refractivity contribution in [2.75, 3.05) is 19.7 Å². The lowest BCUT2D eigenvalue weighted by Crippen LogP contribution is -2.36. The maximum atomic E-state index is 11.7. The van der Waals surface area contributed by atoms with Gasteiger partial charge in [0.2, 0.25) is 0 Å². The summed E-state index contributed by atoms with van der Waals surface area (Å²) in [5, 5.41) is 0. The maximum Gasteiger partial charge on any atom is 0.410 e. The largest absolute Gasteiger partial charge is 0.449 e. The van der Waals surface area contributed by atoms with E-state index in [2.05, 4.69) is 6.08 Å². The van der Waals surface area contributed by atoms with Crippen LogP contribution < -0.4 is 0 Å². The van der Waals surface area contributed by atoms with Gasteiger partial charge in [0.15, 0.2) is 0 Å². The van der Waals surface area contributed by atoms with Gasteiger partial charge in [0.1, 0.15) is 0 Å². The second-order valence-corrected chi connectivity index (χ2v) is 4.46. The summed E-state index contributed by atoms with van der Waals surface area (Å²) in [5.41, 5.74) is 1.19. The Bertz CT molecular complexity index is 292. The number of rotatable bonds is 3. The predicted molar refractivity (Wildman–Crippen MR) is 65.3 cm³/mol. The molecular weight excluding hydrogens is 202 g/mol. The van der Waals surface area contributed by atoms with Crippen molar-refractivity contribution >= 4 is 6.09 Å². The van der Waals surface area contributed by atoms with Crippen LogP contribution in [-0.2, 0) is 4.74 Å². The number of hydrogen-bond donors (Lipinski definition) is 0. The molecule has 1 rings (SSSR count). The standard InChI is InChI=1S/C13H21NO2/c1-4-6-12-7-5-8-14(9-12)13(15)16-10-11(2)3/h4,6-7,11H,5,8-10H2,1-3H3/b6-4-. The Kier molecular flexibility index (Phi) is 5.09. The van der Waals surface area contributed by atoms with Crippen LogP contribution in [0.15, 0.2) is 23.8 Å². The van der Waals surface area contributed by atoms with Crippen LogP contribution in [0.1, 0.15) is 27.2 Å². The Hall–Kier alpha value is -1.25. The van der Waals surface area contributed by atoms with Crippen molar-refractivity contribution in [3.63, 3.8) is 0 Å². The van der Waals surface area contributed by atoms with E-state index >= 15 is 0 Å². The molecule has 0 saturated carbocycles. The Balaban J connectivity index is 2.44. The average Bonchev–Trinajstić information content (AvgIpc) is 2.26. The molecule has 0 aromatic heterocycles. The van der Waals surface area contributed by atoms with E-state index in [1.165, 1.54) is 5.57 Å². The molecule has 1 heterocycles. The molecule has 0 aromatic rings. The first-order chi connectivity index (χ1) is 7.63. The predicted octanol–water partition coefficient (Wildman–Crippen LogP) is 2.99. The van der Waals surface area contributed by atoms with Crippen LogP contribution in [0.2, 0.25) is 0 Å². The number of ether oxygens (including phenoxy) is 1. The monoisotopic (exact) mass is 223 g/mol. The van der Waals surface area contributed by atoms with Crippen LogP contribution in [0, 0.1) is 5.92 Å². The van der Waals surface area contributed by atoms with Crippen molar-refractivity contribution in [3.05, 3.63) is 23.8 Å². The number of allylic oxidation sites excluding steroid dienone is 1. The van der Waals surface area contributed by atoms with Gasteiger partial charge in [-0.15, -0.1) is 0 Å². The quantitative estimate of drug-likeness (QED) is 0.736. The van der Waals surface area contributed by atoms with Gasteiger partial charge in [-0.05, 0) is 24.8 Å².